The van der Waals surface area contributed by atoms with E-state index in [9.17, 15) is 5.26 Å². The van der Waals surface area contributed by atoms with Crippen LogP contribution in [0, 0.1) is 11.3 Å². The molecular weight excluding hydrogens is 244 g/mol. The molecule has 0 aliphatic heterocycles. The highest BCUT2D eigenvalue weighted by molar-refractivity contribution is 5.41. The molecule has 0 radical (unpaired) electrons. The molecular formula is C18H20N2. The monoisotopic (exact) mass is 264 g/mol. The molecule has 0 aliphatic carbocycles. The van der Waals surface area contributed by atoms with E-state index in [0.29, 0.717) is 5.56 Å². The van der Waals surface area contributed by atoms with E-state index < -0.39 is 0 Å². The highest BCUT2D eigenvalue weighted by Crippen LogP contribution is 2.28. The lowest BCUT2D eigenvalue weighted by molar-refractivity contribution is 0.564. The van der Waals surface area contributed by atoms with E-state index in [1.165, 1.54) is 5.56 Å². The number of nitrogens with zero attached hydrogens (tertiary/aromatic N) is 2. The molecule has 1 heterocycles. The SMILES string of the molecule is CC(c1ccccc1)c1nc(C(C)(C)C)ccc1C#N. The van der Waals surface area contributed by atoms with Crippen LogP contribution >= 0.6 is 0 Å². The summed E-state index contributed by atoms with van der Waals surface area (Å²) < 4.78 is 0. The van der Waals surface area contributed by atoms with Crippen molar-refractivity contribution in [2.75, 3.05) is 0 Å². The minimum absolute atomic E-state index is 0.0147. The minimum Gasteiger partial charge on any atom is -0.255 e. The van der Waals surface area contributed by atoms with E-state index in [1.807, 2.05) is 30.3 Å². The smallest absolute Gasteiger partial charge is 0.101 e. The standard InChI is InChI=1S/C18H20N2/c1-13(14-8-6-5-7-9-14)17-15(12-19)10-11-16(20-17)18(2,3)4/h5-11,13H,1-4H3. The molecule has 0 amide bonds. The van der Waals surface area contributed by atoms with Crippen LogP contribution in [-0.2, 0) is 5.41 Å². The average Bonchev–Trinajstić information content (AvgIpc) is 2.45. The second-order valence-electron chi connectivity index (χ2n) is 6.12. The fourth-order valence-corrected chi connectivity index (χ4v) is 2.22. The zero-order valence-electron chi connectivity index (χ0n) is 12.5. The molecule has 0 fully saturated rings. The summed E-state index contributed by atoms with van der Waals surface area (Å²) >= 11 is 0. The van der Waals surface area contributed by atoms with Crippen molar-refractivity contribution in [2.24, 2.45) is 0 Å². The third-order valence-corrected chi connectivity index (χ3v) is 3.52. The lowest BCUT2D eigenvalue weighted by atomic mass is 9.89. The predicted molar refractivity (Wildman–Crippen MR) is 81.6 cm³/mol. The Balaban J connectivity index is 2.52. The van der Waals surface area contributed by atoms with E-state index in [0.717, 1.165) is 11.4 Å². The van der Waals surface area contributed by atoms with Gasteiger partial charge in [-0.1, -0.05) is 58.0 Å². The summed E-state index contributed by atoms with van der Waals surface area (Å²) in [7, 11) is 0. The lowest BCUT2D eigenvalue weighted by Crippen LogP contribution is -2.16. The topological polar surface area (TPSA) is 36.7 Å². The molecule has 1 unspecified atom stereocenters. The summed E-state index contributed by atoms with van der Waals surface area (Å²) in [5.41, 5.74) is 3.72. The van der Waals surface area contributed by atoms with Crippen LogP contribution in [0.15, 0.2) is 42.5 Å². The first-order valence-corrected chi connectivity index (χ1v) is 6.90. The molecule has 0 N–H and O–H groups in total. The van der Waals surface area contributed by atoms with Gasteiger partial charge in [-0.15, -0.1) is 0 Å². The van der Waals surface area contributed by atoms with Gasteiger partial charge in [-0.2, -0.15) is 5.26 Å². The van der Waals surface area contributed by atoms with E-state index in [-0.39, 0.29) is 11.3 Å². The molecule has 2 nitrogen and oxygen atoms in total. The van der Waals surface area contributed by atoms with Gasteiger partial charge < -0.3 is 0 Å². The Morgan fingerprint density at radius 3 is 2.25 bits per heavy atom. The van der Waals surface area contributed by atoms with Crippen LogP contribution in [0.4, 0.5) is 0 Å². The first-order valence-electron chi connectivity index (χ1n) is 6.90. The highest BCUT2D eigenvalue weighted by Gasteiger charge is 2.20. The summed E-state index contributed by atoms with van der Waals surface area (Å²) in [6.45, 7) is 8.51. The van der Waals surface area contributed by atoms with Crippen molar-refractivity contribution in [3.63, 3.8) is 0 Å². The third kappa shape index (κ3) is 2.88. The summed E-state index contributed by atoms with van der Waals surface area (Å²) in [6.07, 6.45) is 0. The quantitative estimate of drug-likeness (QED) is 0.806. The van der Waals surface area contributed by atoms with Gasteiger partial charge >= 0.3 is 0 Å². The minimum atomic E-state index is -0.0147. The van der Waals surface area contributed by atoms with Gasteiger partial charge in [0.15, 0.2) is 0 Å². The Morgan fingerprint density at radius 2 is 1.70 bits per heavy atom. The molecule has 0 saturated heterocycles. The van der Waals surface area contributed by atoms with Crippen LogP contribution in [0.3, 0.4) is 0 Å². The fourth-order valence-electron chi connectivity index (χ4n) is 2.22. The van der Waals surface area contributed by atoms with Crippen molar-refractivity contribution in [2.45, 2.75) is 39.0 Å². The Hall–Kier alpha value is -2.14. The Morgan fingerprint density at radius 1 is 1.05 bits per heavy atom. The van der Waals surface area contributed by atoms with Crippen molar-refractivity contribution in [1.82, 2.24) is 4.98 Å². The maximum atomic E-state index is 9.32. The van der Waals surface area contributed by atoms with Gasteiger partial charge in [0.2, 0.25) is 0 Å². The van der Waals surface area contributed by atoms with Gasteiger partial charge in [-0.25, -0.2) is 0 Å². The third-order valence-electron chi connectivity index (χ3n) is 3.52. The van der Waals surface area contributed by atoms with Crippen molar-refractivity contribution in [3.05, 3.63) is 65.0 Å². The zero-order valence-corrected chi connectivity index (χ0v) is 12.5. The molecule has 0 bridgehead atoms. The molecule has 0 aliphatic rings. The van der Waals surface area contributed by atoms with Crippen LogP contribution in [0.25, 0.3) is 0 Å². The molecule has 20 heavy (non-hydrogen) atoms. The van der Waals surface area contributed by atoms with Crippen LogP contribution in [0.5, 0.6) is 0 Å². The molecule has 2 aromatic rings. The van der Waals surface area contributed by atoms with Gasteiger partial charge in [-0.05, 0) is 17.7 Å². The Kier molecular flexibility index (Phi) is 3.90. The van der Waals surface area contributed by atoms with Crippen molar-refractivity contribution >= 4 is 0 Å². The molecule has 1 atom stereocenters. The highest BCUT2D eigenvalue weighted by atomic mass is 14.7. The molecule has 1 aromatic heterocycles. The van der Waals surface area contributed by atoms with Gasteiger partial charge in [0, 0.05) is 17.0 Å². The number of hydrogen-bond acceptors (Lipinski definition) is 2. The predicted octanol–water partition coefficient (Wildman–Crippen LogP) is 4.40. The summed E-state index contributed by atoms with van der Waals surface area (Å²) in [5.74, 6) is 0.119. The average molecular weight is 264 g/mol. The fraction of sp³-hybridized carbons (Fsp3) is 0.333. The molecule has 0 saturated carbocycles. The van der Waals surface area contributed by atoms with Crippen LogP contribution < -0.4 is 0 Å². The molecule has 1 aromatic carbocycles. The molecule has 0 spiro atoms. The zero-order chi connectivity index (χ0) is 14.8. The molecule has 102 valence electrons. The second-order valence-corrected chi connectivity index (χ2v) is 6.12. The number of hydrogen-bond donors (Lipinski definition) is 0. The maximum absolute atomic E-state index is 9.32. The number of pyridine rings is 1. The van der Waals surface area contributed by atoms with Crippen LogP contribution in [0.2, 0.25) is 0 Å². The number of benzene rings is 1. The van der Waals surface area contributed by atoms with Gasteiger partial charge in [-0.3, -0.25) is 4.98 Å². The first-order chi connectivity index (χ1) is 9.43. The Labute approximate surface area is 121 Å². The Bertz CT molecular complexity index is 631. The van der Waals surface area contributed by atoms with Crippen LogP contribution in [-0.4, -0.2) is 4.98 Å². The van der Waals surface area contributed by atoms with Gasteiger partial charge in [0.05, 0.1) is 11.3 Å². The normalized spacial score (nSPS) is 12.8. The second kappa shape index (κ2) is 5.46. The summed E-state index contributed by atoms with van der Waals surface area (Å²) in [5, 5.41) is 9.32. The first kappa shape index (κ1) is 14.3. The number of rotatable bonds is 2. The van der Waals surface area contributed by atoms with Gasteiger partial charge in [0.1, 0.15) is 6.07 Å². The van der Waals surface area contributed by atoms with Crippen molar-refractivity contribution in [3.8, 4) is 6.07 Å². The van der Waals surface area contributed by atoms with Crippen molar-refractivity contribution in [1.29, 1.82) is 5.26 Å². The van der Waals surface area contributed by atoms with Gasteiger partial charge in [0.25, 0.3) is 0 Å². The largest absolute Gasteiger partial charge is 0.255 e. The lowest BCUT2D eigenvalue weighted by Gasteiger charge is -2.21. The molecule has 2 heteroatoms. The summed E-state index contributed by atoms with van der Waals surface area (Å²) in [4.78, 5) is 4.77. The number of nitriles is 1. The maximum Gasteiger partial charge on any atom is 0.101 e. The van der Waals surface area contributed by atoms with E-state index in [4.69, 9.17) is 4.98 Å². The molecule has 2 rings (SSSR count). The van der Waals surface area contributed by atoms with E-state index in [2.05, 4.69) is 45.9 Å². The van der Waals surface area contributed by atoms with Crippen molar-refractivity contribution < 1.29 is 0 Å². The van der Waals surface area contributed by atoms with Crippen LogP contribution in [0.1, 0.15) is 56.1 Å². The summed E-state index contributed by atoms with van der Waals surface area (Å²) in [6, 6.07) is 16.3. The van der Waals surface area contributed by atoms with E-state index >= 15 is 0 Å². The number of aromatic nitrogens is 1. The van der Waals surface area contributed by atoms with E-state index in [1.54, 1.807) is 0 Å².